The van der Waals surface area contributed by atoms with Crippen LogP contribution in [0.1, 0.15) is 18.1 Å². The molecular formula is C21H27N2O7-. The van der Waals surface area contributed by atoms with Crippen LogP contribution in [-0.4, -0.2) is 38.8 Å². The van der Waals surface area contributed by atoms with Gasteiger partial charge in [0.2, 0.25) is 0 Å². The molecule has 0 heterocycles. The first-order valence-corrected chi connectivity index (χ1v) is 9.45. The molecule has 0 aliphatic rings. The monoisotopic (exact) mass is 419 g/mol. The summed E-state index contributed by atoms with van der Waals surface area (Å²) in [6, 6.07) is 12.5. The summed E-state index contributed by atoms with van der Waals surface area (Å²) in [4.78, 5) is 2.93. The first-order valence-electron chi connectivity index (χ1n) is 9.45. The van der Waals surface area contributed by atoms with E-state index >= 15 is 0 Å². The third-order valence-corrected chi connectivity index (χ3v) is 3.97. The third kappa shape index (κ3) is 7.73. The molecule has 1 unspecified atom stereocenters. The quantitative estimate of drug-likeness (QED) is 0.320. The van der Waals surface area contributed by atoms with Crippen molar-refractivity contribution in [2.45, 2.75) is 13.5 Å². The molecular weight excluding hydrogens is 392 g/mol. The fraction of sp³-hybridized carbons (Fsp3) is 0.333. The van der Waals surface area contributed by atoms with Crippen molar-refractivity contribution in [3.05, 3.63) is 75.4 Å². The summed E-state index contributed by atoms with van der Waals surface area (Å²) >= 11 is 0. The van der Waals surface area contributed by atoms with Crippen molar-refractivity contribution in [2.75, 3.05) is 34.0 Å². The van der Waals surface area contributed by atoms with Crippen LogP contribution in [0.25, 0.3) is 6.08 Å². The minimum atomic E-state index is -1.90. The Morgan fingerprint density at radius 3 is 2.37 bits per heavy atom. The lowest BCUT2D eigenvalue weighted by atomic mass is 10.1. The van der Waals surface area contributed by atoms with E-state index < -0.39 is 10.0 Å². The molecule has 0 radical (unpaired) electrons. The lowest BCUT2D eigenvalue weighted by Gasteiger charge is -2.38. The van der Waals surface area contributed by atoms with E-state index in [9.17, 15) is 15.6 Å². The van der Waals surface area contributed by atoms with Gasteiger partial charge in [0.1, 0.15) is 13.2 Å². The predicted molar refractivity (Wildman–Crippen MR) is 112 cm³/mol. The highest BCUT2D eigenvalue weighted by molar-refractivity contribution is 5.66. The maximum atomic E-state index is 12.2. The Bertz CT molecular complexity index is 807. The third-order valence-electron chi connectivity index (χ3n) is 3.97. The molecule has 1 N–H and O–H groups in total. The molecule has 0 bridgehead atoms. The van der Waals surface area contributed by atoms with Crippen molar-refractivity contribution >= 4 is 11.8 Å². The van der Waals surface area contributed by atoms with Crippen LogP contribution in [0.5, 0.6) is 11.5 Å². The number of nitrogens with zero attached hydrogens (tertiary/aromatic N) is 1. The van der Waals surface area contributed by atoms with E-state index in [4.69, 9.17) is 19.0 Å². The van der Waals surface area contributed by atoms with E-state index in [2.05, 4.69) is 0 Å². The standard InChI is InChI=1S/C21H27N2O7/c1-4-28-12-13-29-21-15-19(22(24)27-3)18(10-11-23(2,25)26)14-20(21)30-16-17-8-6-5-7-9-17/h5-11,14-15,22H,4,12-13,16H2,1-3H3/q-1/b11-10+. The number of rotatable bonds is 12. The second kappa shape index (κ2) is 11.6. The fourth-order valence-corrected chi connectivity index (χ4v) is 2.53. The van der Waals surface area contributed by atoms with Crippen LogP contribution < -0.4 is 14.7 Å². The number of hydrogen-bond acceptors (Lipinski definition) is 7. The highest BCUT2D eigenvalue weighted by atomic mass is 16.9. The summed E-state index contributed by atoms with van der Waals surface area (Å²) < 4.78 is 16.9. The molecule has 0 aliphatic carbocycles. The zero-order chi connectivity index (χ0) is 22.0. The molecule has 30 heavy (non-hydrogen) atoms. The second-order valence-electron chi connectivity index (χ2n) is 6.42. The molecule has 0 spiro atoms. The number of hydrogen-bond donors (Lipinski definition) is 1. The minimum Gasteiger partial charge on any atom is -0.627 e. The largest absolute Gasteiger partial charge is 0.627 e. The second-order valence-corrected chi connectivity index (χ2v) is 6.42. The van der Waals surface area contributed by atoms with E-state index in [1.165, 1.54) is 25.3 Å². The molecule has 1 atom stereocenters. The topological polar surface area (TPSA) is 111 Å². The van der Waals surface area contributed by atoms with E-state index in [1.54, 1.807) is 0 Å². The van der Waals surface area contributed by atoms with Crippen LogP contribution >= 0.6 is 0 Å². The minimum absolute atomic E-state index is 0.140. The first kappa shape index (κ1) is 23.8. The van der Waals surface area contributed by atoms with E-state index in [0.717, 1.165) is 18.8 Å². The summed E-state index contributed by atoms with van der Waals surface area (Å²) in [6.07, 6.45) is 2.14. The summed E-state index contributed by atoms with van der Waals surface area (Å²) in [5.41, 5.74) is 1.38. The van der Waals surface area contributed by atoms with Gasteiger partial charge in [-0.25, -0.2) is 4.84 Å². The highest BCUT2D eigenvalue weighted by Gasteiger charge is 2.17. The van der Waals surface area contributed by atoms with Crippen LogP contribution in [0.3, 0.4) is 0 Å². The van der Waals surface area contributed by atoms with Crippen molar-refractivity contribution < 1.29 is 29.1 Å². The Hall–Kier alpha value is -2.50. The van der Waals surface area contributed by atoms with Gasteiger partial charge in [-0.3, -0.25) is 0 Å². The highest BCUT2D eigenvalue weighted by Crippen LogP contribution is 2.34. The molecule has 9 nitrogen and oxygen atoms in total. The summed E-state index contributed by atoms with van der Waals surface area (Å²) in [5, 5.41) is 34.4. The number of nitrogens with one attached hydrogen (secondary N) is 1. The fourth-order valence-electron chi connectivity index (χ4n) is 2.53. The van der Waals surface area contributed by atoms with Gasteiger partial charge in [0, 0.05) is 24.3 Å². The summed E-state index contributed by atoms with van der Waals surface area (Å²) in [6.45, 7) is 3.32. The molecule has 0 saturated heterocycles. The average molecular weight is 419 g/mol. The van der Waals surface area contributed by atoms with Gasteiger partial charge >= 0.3 is 0 Å². The Morgan fingerprint density at radius 2 is 1.73 bits per heavy atom. The molecule has 0 amide bonds. The number of hydroxylamine groups is 4. The van der Waals surface area contributed by atoms with E-state index in [-0.39, 0.29) is 18.9 Å². The summed E-state index contributed by atoms with van der Waals surface area (Å²) in [5.74, 6) is 0.679. The van der Waals surface area contributed by atoms with Crippen LogP contribution in [0.2, 0.25) is 0 Å². The predicted octanol–water partition coefficient (Wildman–Crippen LogP) is 2.67. The van der Waals surface area contributed by atoms with Gasteiger partial charge in [0.05, 0.1) is 27.0 Å². The van der Waals surface area contributed by atoms with Crippen molar-refractivity contribution in [3.8, 4) is 11.5 Å². The lowest BCUT2D eigenvalue weighted by molar-refractivity contribution is -0.992. The molecule has 0 aliphatic heterocycles. The maximum Gasteiger partial charge on any atom is 0.175 e. The van der Waals surface area contributed by atoms with Gasteiger partial charge in [0.25, 0.3) is 0 Å². The van der Waals surface area contributed by atoms with Gasteiger partial charge in [-0.15, -0.1) is 0 Å². The number of quaternary nitrogens is 2. The molecule has 2 aromatic carbocycles. The number of ether oxygens (including phenoxy) is 3. The lowest BCUT2D eigenvalue weighted by Crippen LogP contribution is -3.00. The van der Waals surface area contributed by atoms with Crippen LogP contribution in [0.4, 0.5) is 5.69 Å². The molecule has 0 aromatic heterocycles. The molecule has 2 aromatic rings. The van der Waals surface area contributed by atoms with Crippen molar-refractivity contribution in [1.29, 1.82) is 0 Å². The number of benzene rings is 2. The van der Waals surface area contributed by atoms with Crippen LogP contribution in [-0.2, 0) is 16.2 Å². The van der Waals surface area contributed by atoms with Crippen molar-refractivity contribution in [3.63, 3.8) is 0 Å². The van der Waals surface area contributed by atoms with Crippen molar-refractivity contribution in [1.82, 2.24) is 0 Å². The first-order chi connectivity index (χ1) is 14.3. The summed E-state index contributed by atoms with van der Waals surface area (Å²) in [7, 11) is 2.17. The molecule has 2 rings (SSSR count). The van der Waals surface area contributed by atoms with Gasteiger partial charge in [-0.2, -0.15) is 5.23 Å². The SMILES string of the molecule is CCOCCOc1cc([NH+]([O-])OC)c(/C=C/[N+](C)([O-])[O-])cc1OCc1ccccc1. The van der Waals surface area contributed by atoms with E-state index in [1.807, 2.05) is 37.3 Å². The molecule has 0 saturated carbocycles. The molecule has 0 fully saturated rings. The van der Waals surface area contributed by atoms with Gasteiger partial charge < -0.3 is 34.6 Å². The Morgan fingerprint density at radius 1 is 1.03 bits per heavy atom. The van der Waals surface area contributed by atoms with Crippen LogP contribution in [0, 0.1) is 15.6 Å². The maximum absolute atomic E-state index is 12.2. The zero-order valence-corrected chi connectivity index (χ0v) is 17.3. The van der Waals surface area contributed by atoms with Gasteiger partial charge in [0.15, 0.2) is 17.2 Å². The van der Waals surface area contributed by atoms with Gasteiger partial charge in [-0.05, 0) is 18.6 Å². The normalized spacial score (nSPS) is 12.9. The average Bonchev–Trinajstić information content (AvgIpc) is 2.73. The van der Waals surface area contributed by atoms with Gasteiger partial charge in [-0.1, -0.05) is 30.3 Å². The molecule has 164 valence electrons. The van der Waals surface area contributed by atoms with E-state index in [0.29, 0.717) is 30.3 Å². The Balaban J connectivity index is 2.38. The Labute approximate surface area is 175 Å². The van der Waals surface area contributed by atoms with Crippen molar-refractivity contribution in [2.24, 2.45) is 0 Å². The zero-order valence-electron chi connectivity index (χ0n) is 17.3. The smallest absolute Gasteiger partial charge is 0.175 e. The Kier molecular flexibility index (Phi) is 9.21. The van der Waals surface area contributed by atoms with Crippen LogP contribution in [0.15, 0.2) is 48.7 Å². The molecule has 9 heteroatoms.